The van der Waals surface area contributed by atoms with Gasteiger partial charge in [-0.05, 0) is 49.2 Å². The molecule has 7 amide bonds. The van der Waals surface area contributed by atoms with Gasteiger partial charge in [0.15, 0.2) is 0 Å². The van der Waals surface area contributed by atoms with Gasteiger partial charge in [0.1, 0.15) is 30.2 Å². The number of carbonyl (C=O) groups excluding carboxylic acids is 7. The van der Waals surface area contributed by atoms with Gasteiger partial charge in [-0.1, -0.05) is 58.0 Å². The fraction of sp³-hybridized carbons (Fsp3) is 0.600. The molecule has 0 spiro atoms. The van der Waals surface area contributed by atoms with Crippen molar-refractivity contribution in [2.24, 2.45) is 23.3 Å². The second kappa shape index (κ2) is 23.8. The van der Waals surface area contributed by atoms with E-state index in [9.17, 15) is 38.4 Å². The number of benzene rings is 1. The van der Waals surface area contributed by atoms with E-state index in [0.717, 1.165) is 0 Å². The van der Waals surface area contributed by atoms with Crippen molar-refractivity contribution in [3.8, 4) is 0 Å². The summed E-state index contributed by atoms with van der Waals surface area (Å²) in [4.78, 5) is 101. The van der Waals surface area contributed by atoms with Crippen LogP contribution in [0.4, 0.5) is 0 Å². The SMILES string of the molecule is CSCC[C@H](NC(=O)[C@H](CC(C)C)NC(=O)CCNC(=O)[C@@H](NC(=O)[C@H](Cc1ccccc1)NC(=O)[C@H](C)NC(=O)[C@@H](N)CC(=O)O)C(C)C)C(N)=O. The second-order valence-electron chi connectivity index (χ2n) is 13.5. The van der Waals surface area contributed by atoms with Crippen LogP contribution < -0.4 is 43.4 Å². The maximum atomic E-state index is 13.6. The summed E-state index contributed by atoms with van der Waals surface area (Å²) in [6.07, 6.45) is 1.70. The van der Waals surface area contributed by atoms with Crippen molar-refractivity contribution in [3.05, 3.63) is 35.9 Å². The van der Waals surface area contributed by atoms with Gasteiger partial charge in [-0.25, -0.2) is 0 Å². The number of amides is 7. The van der Waals surface area contributed by atoms with E-state index >= 15 is 0 Å². The summed E-state index contributed by atoms with van der Waals surface area (Å²) < 4.78 is 0. The zero-order valence-corrected chi connectivity index (χ0v) is 32.0. The van der Waals surface area contributed by atoms with Crippen LogP contribution >= 0.6 is 11.8 Å². The number of rotatable bonds is 24. The molecule has 0 heterocycles. The number of hydrogen-bond acceptors (Lipinski definition) is 10. The number of nitrogens with two attached hydrogens (primary N) is 2. The Labute approximate surface area is 314 Å². The van der Waals surface area contributed by atoms with Crippen LogP contribution in [-0.4, -0.2) is 107 Å². The first kappa shape index (κ1) is 46.3. The normalized spacial score (nSPS) is 14.4. The number of aliphatic carboxylic acids is 1. The molecule has 1 aromatic carbocycles. The number of carbonyl (C=O) groups is 8. The van der Waals surface area contributed by atoms with Gasteiger partial charge in [-0.2, -0.15) is 11.8 Å². The van der Waals surface area contributed by atoms with Crippen LogP contribution in [0.1, 0.15) is 65.9 Å². The third-order valence-electron chi connectivity index (χ3n) is 7.93. The minimum absolute atomic E-state index is 0.0268. The minimum Gasteiger partial charge on any atom is -0.481 e. The minimum atomic E-state index is -1.39. The summed E-state index contributed by atoms with van der Waals surface area (Å²) in [7, 11) is 0. The molecule has 53 heavy (non-hydrogen) atoms. The summed E-state index contributed by atoms with van der Waals surface area (Å²) in [6, 6.07) is 2.13. The quantitative estimate of drug-likeness (QED) is 0.0611. The maximum Gasteiger partial charge on any atom is 0.305 e. The van der Waals surface area contributed by atoms with Crippen LogP contribution in [-0.2, 0) is 44.8 Å². The fourth-order valence-corrected chi connectivity index (χ4v) is 5.45. The summed E-state index contributed by atoms with van der Waals surface area (Å²) in [5.41, 5.74) is 11.7. The van der Waals surface area contributed by atoms with Crippen molar-refractivity contribution in [2.75, 3.05) is 18.6 Å². The van der Waals surface area contributed by atoms with Gasteiger partial charge in [0.2, 0.25) is 41.4 Å². The Bertz CT molecular complexity index is 1410. The highest BCUT2D eigenvalue weighted by Gasteiger charge is 2.31. The van der Waals surface area contributed by atoms with Gasteiger partial charge >= 0.3 is 5.97 Å². The van der Waals surface area contributed by atoms with E-state index in [1.54, 1.807) is 44.2 Å². The lowest BCUT2D eigenvalue weighted by Gasteiger charge is -2.26. The van der Waals surface area contributed by atoms with Crippen LogP contribution in [0.5, 0.6) is 0 Å². The molecule has 0 aromatic heterocycles. The average molecular weight is 765 g/mol. The summed E-state index contributed by atoms with van der Waals surface area (Å²) >= 11 is 1.50. The molecule has 17 nitrogen and oxygen atoms in total. The molecule has 0 radical (unpaired) electrons. The molecule has 0 aliphatic rings. The van der Waals surface area contributed by atoms with E-state index in [0.29, 0.717) is 24.2 Å². The van der Waals surface area contributed by atoms with E-state index in [1.807, 2.05) is 20.1 Å². The van der Waals surface area contributed by atoms with Gasteiger partial charge in [0, 0.05) is 19.4 Å². The van der Waals surface area contributed by atoms with E-state index in [4.69, 9.17) is 16.6 Å². The van der Waals surface area contributed by atoms with Crippen molar-refractivity contribution >= 4 is 59.1 Å². The number of carboxylic acid groups (broad SMARTS) is 1. The average Bonchev–Trinajstić information content (AvgIpc) is 3.07. The highest BCUT2D eigenvalue weighted by atomic mass is 32.2. The standard InChI is InChI=1S/C35H56N8O9S/c1-19(2)16-25(33(50)41-24(30(37)47)13-15-53-6)40-27(44)12-14-38-35(52)29(20(3)4)43-34(51)26(17-22-10-8-7-9-11-22)42-31(48)21(5)39-32(49)23(36)18-28(45)46/h7-11,19-21,23-26,29H,12-18,36H2,1-6H3,(H2,37,47)(H,38,52)(H,39,49)(H,40,44)(H,41,50)(H,42,48)(H,43,51)(H,45,46)/t21-,23-,24-,25-,26-,29-/m0/s1. The molecule has 0 bridgehead atoms. The van der Waals surface area contributed by atoms with Crippen LogP contribution in [0, 0.1) is 11.8 Å². The molecule has 6 atom stereocenters. The molecule has 0 aliphatic carbocycles. The first-order valence-electron chi connectivity index (χ1n) is 17.4. The number of thioether (sulfide) groups is 1. The zero-order valence-electron chi connectivity index (χ0n) is 31.2. The molecule has 0 saturated carbocycles. The Morgan fingerprint density at radius 2 is 1.36 bits per heavy atom. The Morgan fingerprint density at radius 1 is 0.755 bits per heavy atom. The highest BCUT2D eigenvalue weighted by molar-refractivity contribution is 7.98. The van der Waals surface area contributed by atoms with Crippen molar-refractivity contribution in [3.63, 3.8) is 0 Å². The summed E-state index contributed by atoms with van der Waals surface area (Å²) in [5.74, 6) is -5.71. The largest absolute Gasteiger partial charge is 0.481 e. The molecule has 0 fully saturated rings. The van der Waals surface area contributed by atoms with E-state index < -0.39 is 95.9 Å². The highest BCUT2D eigenvalue weighted by Crippen LogP contribution is 2.09. The maximum absolute atomic E-state index is 13.6. The van der Waals surface area contributed by atoms with E-state index in [-0.39, 0.29) is 25.3 Å². The molecule has 0 aliphatic heterocycles. The first-order chi connectivity index (χ1) is 24.9. The molecule has 18 heteroatoms. The van der Waals surface area contributed by atoms with Gasteiger partial charge < -0.3 is 48.5 Å². The van der Waals surface area contributed by atoms with Crippen molar-refractivity contribution in [2.45, 2.75) is 103 Å². The second-order valence-corrected chi connectivity index (χ2v) is 14.4. The number of primary amides is 1. The Balaban J connectivity index is 2.95. The lowest BCUT2D eigenvalue weighted by Crippen LogP contribution is -2.58. The monoisotopic (exact) mass is 764 g/mol. The fourth-order valence-electron chi connectivity index (χ4n) is 4.98. The smallest absolute Gasteiger partial charge is 0.305 e. The van der Waals surface area contributed by atoms with Crippen molar-refractivity contribution < 1.29 is 43.5 Å². The molecule has 1 rings (SSSR count). The third kappa shape index (κ3) is 18.1. The summed E-state index contributed by atoms with van der Waals surface area (Å²) in [5, 5.41) is 24.4. The molecule has 11 N–H and O–H groups in total. The van der Waals surface area contributed by atoms with Crippen LogP contribution in [0.15, 0.2) is 30.3 Å². The number of hydrogen-bond donors (Lipinski definition) is 9. The topological polar surface area (TPSA) is 281 Å². The van der Waals surface area contributed by atoms with Crippen LogP contribution in [0.3, 0.4) is 0 Å². The van der Waals surface area contributed by atoms with E-state index in [2.05, 4.69) is 31.9 Å². The molecular weight excluding hydrogens is 708 g/mol. The lowest BCUT2D eigenvalue weighted by molar-refractivity contribution is -0.139. The molecule has 296 valence electrons. The van der Waals surface area contributed by atoms with Gasteiger partial charge in [0.25, 0.3) is 0 Å². The van der Waals surface area contributed by atoms with Gasteiger partial charge in [0.05, 0.1) is 12.5 Å². The predicted octanol–water partition coefficient (Wildman–Crippen LogP) is -1.08. The lowest BCUT2D eigenvalue weighted by atomic mass is 10.0. The predicted molar refractivity (Wildman–Crippen MR) is 200 cm³/mol. The third-order valence-corrected chi connectivity index (χ3v) is 8.57. The Hall–Kier alpha value is -4.71. The van der Waals surface area contributed by atoms with Crippen LogP contribution in [0.25, 0.3) is 0 Å². The number of nitrogens with one attached hydrogen (secondary N) is 6. The van der Waals surface area contributed by atoms with E-state index in [1.165, 1.54) is 18.7 Å². The molecule has 1 aromatic rings. The Morgan fingerprint density at radius 3 is 1.91 bits per heavy atom. The van der Waals surface area contributed by atoms with Crippen LogP contribution in [0.2, 0.25) is 0 Å². The van der Waals surface area contributed by atoms with Crippen molar-refractivity contribution in [1.29, 1.82) is 0 Å². The number of carboxylic acids is 1. The first-order valence-corrected chi connectivity index (χ1v) is 18.8. The molecule has 0 unspecified atom stereocenters. The Kier molecular flexibility index (Phi) is 20.8. The molecular formula is C35H56N8O9S. The summed E-state index contributed by atoms with van der Waals surface area (Å²) in [6.45, 7) is 8.38. The zero-order chi connectivity index (χ0) is 40.2. The van der Waals surface area contributed by atoms with Gasteiger partial charge in [-0.15, -0.1) is 0 Å². The van der Waals surface area contributed by atoms with Gasteiger partial charge in [-0.3, -0.25) is 38.4 Å². The molecule has 0 saturated heterocycles. The van der Waals surface area contributed by atoms with Crippen molar-refractivity contribution in [1.82, 2.24) is 31.9 Å².